The number of nitriles is 1. The summed E-state index contributed by atoms with van der Waals surface area (Å²) >= 11 is 0. The van der Waals surface area contributed by atoms with Gasteiger partial charge in [-0.1, -0.05) is 12.1 Å². The summed E-state index contributed by atoms with van der Waals surface area (Å²) in [5.41, 5.74) is -1.40. The summed E-state index contributed by atoms with van der Waals surface area (Å²) in [6.45, 7) is 0. The molecule has 0 bridgehead atoms. The zero-order valence-corrected chi connectivity index (χ0v) is 11.7. The molecule has 20 heavy (non-hydrogen) atoms. The third-order valence-electron chi connectivity index (χ3n) is 3.61. The first kappa shape index (κ1) is 14.3. The van der Waals surface area contributed by atoms with Gasteiger partial charge >= 0.3 is 5.97 Å². The Labute approximate surface area is 116 Å². The molecule has 6 nitrogen and oxygen atoms in total. The van der Waals surface area contributed by atoms with Gasteiger partial charge in [0.1, 0.15) is 11.0 Å². The Kier molecular flexibility index (Phi) is 3.22. The van der Waals surface area contributed by atoms with Crippen LogP contribution in [-0.4, -0.2) is 38.1 Å². The first-order valence-electron chi connectivity index (χ1n) is 5.76. The number of nitrogens with zero attached hydrogens (tertiary/aromatic N) is 1. The van der Waals surface area contributed by atoms with Crippen LogP contribution in [0.3, 0.4) is 0 Å². The fourth-order valence-corrected chi connectivity index (χ4v) is 4.39. The van der Waals surface area contributed by atoms with Crippen molar-refractivity contribution >= 4 is 15.8 Å². The van der Waals surface area contributed by atoms with E-state index in [1.807, 2.05) is 0 Å². The third-order valence-corrected chi connectivity index (χ3v) is 5.17. The largest absolute Gasteiger partial charge is 0.497 e. The number of sulfone groups is 1. The van der Waals surface area contributed by atoms with E-state index in [9.17, 15) is 23.6 Å². The lowest BCUT2D eigenvalue weighted by molar-refractivity contribution is -0.141. The molecule has 7 heteroatoms. The summed E-state index contributed by atoms with van der Waals surface area (Å²) in [4.78, 5) is 11.4. The molecule has 1 aliphatic carbocycles. The van der Waals surface area contributed by atoms with Crippen molar-refractivity contribution in [1.29, 1.82) is 5.26 Å². The molecule has 1 saturated carbocycles. The Morgan fingerprint density at radius 1 is 1.40 bits per heavy atom. The smallest absolute Gasteiger partial charge is 0.326 e. The van der Waals surface area contributed by atoms with Gasteiger partial charge in [-0.3, -0.25) is 4.79 Å². The van der Waals surface area contributed by atoms with Crippen molar-refractivity contribution in [3.63, 3.8) is 0 Å². The highest BCUT2D eigenvalue weighted by molar-refractivity contribution is 7.91. The molecule has 1 aromatic carbocycles. The molecule has 2 rings (SSSR count). The van der Waals surface area contributed by atoms with Gasteiger partial charge in [0.25, 0.3) is 0 Å². The number of aliphatic carboxylic acids is 1. The van der Waals surface area contributed by atoms with Gasteiger partial charge in [-0.2, -0.15) is 5.26 Å². The number of benzene rings is 1. The van der Waals surface area contributed by atoms with Crippen LogP contribution in [0.15, 0.2) is 24.3 Å². The van der Waals surface area contributed by atoms with E-state index < -0.39 is 32.4 Å². The number of ether oxygens (including phenoxy) is 1. The second-order valence-electron chi connectivity index (χ2n) is 4.79. The lowest BCUT2D eigenvalue weighted by Crippen LogP contribution is -2.21. The van der Waals surface area contributed by atoms with Crippen LogP contribution in [0, 0.1) is 16.7 Å². The van der Waals surface area contributed by atoms with E-state index in [2.05, 4.69) is 0 Å². The maximum Gasteiger partial charge on any atom is 0.326 e. The normalized spacial score (nSPS) is 28.4. The minimum absolute atomic E-state index is 0.505. The molecule has 1 fully saturated rings. The van der Waals surface area contributed by atoms with E-state index in [1.54, 1.807) is 30.3 Å². The standard InChI is InChI=1S/C13H13NO5S/c1-19-9-5-3-8(4-6-9)10-11(20(2,17)18)13(10,7-14)12(15)16/h3-6,10-11H,1-2H3,(H,15,16)/t10-,11+,13-/m0/s1. The topological polar surface area (TPSA) is 104 Å². The van der Waals surface area contributed by atoms with Crippen molar-refractivity contribution in [3.05, 3.63) is 29.8 Å². The highest BCUT2D eigenvalue weighted by atomic mass is 32.2. The van der Waals surface area contributed by atoms with Crippen molar-refractivity contribution in [2.45, 2.75) is 11.2 Å². The molecular formula is C13H13NO5S. The predicted molar refractivity (Wildman–Crippen MR) is 70.0 cm³/mol. The summed E-state index contributed by atoms with van der Waals surface area (Å²) in [5.74, 6) is -1.69. The number of methoxy groups -OCH3 is 1. The summed E-state index contributed by atoms with van der Waals surface area (Å²) < 4.78 is 28.5. The maximum atomic E-state index is 11.7. The molecule has 1 aromatic rings. The molecule has 1 aliphatic rings. The molecule has 0 aromatic heterocycles. The van der Waals surface area contributed by atoms with Crippen LogP contribution in [0.1, 0.15) is 11.5 Å². The van der Waals surface area contributed by atoms with Crippen molar-refractivity contribution in [2.24, 2.45) is 5.41 Å². The van der Waals surface area contributed by atoms with Crippen LogP contribution in [0.25, 0.3) is 0 Å². The number of rotatable bonds is 4. The van der Waals surface area contributed by atoms with Crippen LogP contribution in [0.5, 0.6) is 5.75 Å². The Bertz CT molecular complexity index is 688. The van der Waals surface area contributed by atoms with Gasteiger partial charge in [0.05, 0.1) is 13.2 Å². The van der Waals surface area contributed by atoms with Gasteiger partial charge in [0, 0.05) is 12.2 Å². The summed E-state index contributed by atoms with van der Waals surface area (Å²) in [7, 11) is -2.15. The number of carboxylic acid groups (broad SMARTS) is 1. The molecule has 1 N–H and O–H groups in total. The predicted octanol–water partition coefficient (Wildman–Crippen LogP) is 0.800. The maximum absolute atomic E-state index is 11.7. The third kappa shape index (κ3) is 1.93. The van der Waals surface area contributed by atoms with Crippen molar-refractivity contribution < 1.29 is 23.1 Å². The first-order valence-corrected chi connectivity index (χ1v) is 7.72. The van der Waals surface area contributed by atoms with Crippen molar-refractivity contribution in [3.8, 4) is 11.8 Å². The molecule has 0 spiro atoms. The SMILES string of the molecule is COc1ccc([C@H]2[C@@H](S(C)(=O)=O)[C@@]2(C#N)C(=O)O)cc1. The minimum atomic E-state index is -3.64. The fraction of sp³-hybridized carbons (Fsp3) is 0.385. The molecule has 0 amide bonds. The molecule has 106 valence electrons. The van der Waals surface area contributed by atoms with Crippen LogP contribution in [0.4, 0.5) is 0 Å². The molecule has 0 saturated heterocycles. The van der Waals surface area contributed by atoms with Gasteiger partial charge in [-0.05, 0) is 17.7 Å². The highest BCUT2D eigenvalue weighted by Crippen LogP contribution is 2.62. The Morgan fingerprint density at radius 3 is 2.25 bits per heavy atom. The van der Waals surface area contributed by atoms with Gasteiger partial charge in [-0.25, -0.2) is 8.42 Å². The monoisotopic (exact) mass is 295 g/mol. The average Bonchev–Trinajstić information content (AvgIpc) is 3.09. The summed E-state index contributed by atoms with van der Waals surface area (Å²) in [5, 5.41) is 17.2. The molecule has 0 unspecified atom stereocenters. The van der Waals surface area contributed by atoms with E-state index in [-0.39, 0.29) is 0 Å². The van der Waals surface area contributed by atoms with Gasteiger partial charge in [-0.15, -0.1) is 0 Å². The van der Waals surface area contributed by atoms with Gasteiger partial charge in [0.15, 0.2) is 15.3 Å². The van der Waals surface area contributed by atoms with Crippen LogP contribution < -0.4 is 4.74 Å². The van der Waals surface area contributed by atoms with Crippen LogP contribution >= 0.6 is 0 Å². The lowest BCUT2D eigenvalue weighted by Gasteiger charge is -2.03. The Hall–Kier alpha value is -2.07. The minimum Gasteiger partial charge on any atom is -0.497 e. The van der Waals surface area contributed by atoms with Crippen molar-refractivity contribution in [2.75, 3.05) is 13.4 Å². The van der Waals surface area contributed by atoms with Crippen molar-refractivity contribution in [1.82, 2.24) is 0 Å². The lowest BCUT2D eigenvalue weighted by atomic mass is 10.0. The molecular weight excluding hydrogens is 282 g/mol. The molecule has 0 radical (unpaired) electrons. The summed E-state index contributed by atoms with van der Waals surface area (Å²) in [6.07, 6.45) is 0.955. The van der Waals surface area contributed by atoms with Gasteiger partial charge in [0.2, 0.25) is 0 Å². The molecule has 3 atom stereocenters. The second-order valence-corrected chi connectivity index (χ2v) is 6.95. The molecule has 0 heterocycles. The quantitative estimate of drug-likeness (QED) is 0.881. The second kappa shape index (κ2) is 4.49. The highest BCUT2D eigenvalue weighted by Gasteiger charge is 2.76. The van der Waals surface area contributed by atoms with Crippen LogP contribution in [0.2, 0.25) is 0 Å². The van der Waals surface area contributed by atoms with E-state index >= 15 is 0 Å². The van der Waals surface area contributed by atoms with E-state index in [0.717, 1.165) is 6.26 Å². The van der Waals surface area contributed by atoms with E-state index in [4.69, 9.17) is 4.74 Å². The van der Waals surface area contributed by atoms with E-state index in [1.165, 1.54) is 7.11 Å². The summed E-state index contributed by atoms with van der Waals surface area (Å²) in [6, 6.07) is 8.07. The number of carbonyl (C=O) groups is 1. The Balaban J connectivity index is 2.49. The average molecular weight is 295 g/mol. The zero-order valence-electron chi connectivity index (χ0n) is 10.9. The molecule has 0 aliphatic heterocycles. The first-order chi connectivity index (χ1) is 9.29. The fourth-order valence-electron chi connectivity index (χ4n) is 2.63. The Morgan fingerprint density at radius 2 is 1.95 bits per heavy atom. The number of hydrogen-bond donors (Lipinski definition) is 1. The zero-order chi connectivity index (χ0) is 15.1. The van der Waals surface area contributed by atoms with Gasteiger partial charge < -0.3 is 9.84 Å². The van der Waals surface area contributed by atoms with E-state index in [0.29, 0.717) is 11.3 Å². The number of carboxylic acids is 1. The van der Waals surface area contributed by atoms with Crippen LogP contribution in [-0.2, 0) is 14.6 Å². The number of hydrogen-bond acceptors (Lipinski definition) is 5.